The molecule has 10 nitrogen and oxygen atoms in total. The van der Waals surface area contributed by atoms with Crippen molar-refractivity contribution in [2.75, 3.05) is 0 Å². The maximum atomic E-state index is 12.6. The Labute approximate surface area is 227 Å². The van der Waals surface area contributed by atoms with E-state index in [9.17, 15) is 14.7 Å². The number of allylic oxidation sites excluding steroid dienone is 1. The van der Waals surface area contributed by atoms with Crippen LogP contribution >= 0.6 is 0 Å². The van der Waals surface area contributed by atoms with Gasteiger partial charge in [-0.1, -0.05) is 75.7 Å². The van der Waals surface area contributed by atoms with Crippen LogP contribution in [0.2, 0.25) is 0 Å². The molecule has 1 aromatic heterocycles. The fourth-order valence-corrected chi connectivity index (χ4v) is 5.62. The first kappa shape index (κ1) is 26.6. The maximum absolute atomic E-state index is 12.6. The number of aromatic nitrogens is 4. The number of ketones is 1. The molecule has 2 aromatic carbocycles. The van der Waals surface area contributed by atoms with Gasteiger partial charge in [-0.15, -0.1) is 10.2 Å². The topological polar surface area (TPSA) is 125 Å². The van der Waals surface area contributed by atoms with Gasteiger partial charge in [-0.25, -0.2) is 9.86 Å². The van der Waals surface area contributed by atoms with Gasteiger partial charge in [0.15, 0.2) is 0 Å². The highest BCUT2D eigenvalue weighted by Gasteiger charge is 2.43. The van der Waals surface area contributed by atoms with Gasteiger partial charge < -0.3 is 10.0 Å². The molecule has 1 fully saturated rings. The largest absolute Gasteiger partial charge is 0.477 e. The molecular formula is C29H34N6O4. The van der Waals surface area contributed by atoms with Crippen LogP contribution < -0.4 is 0 Å². The van der Waals surface area contributed by atoms with Gasteiger partial charge in [0.1, 0.15) is 17.6 Å². The van der Waals surface area contributed by atoms with E-state index in [1.54, 1.807) is 5.06 Å². The van der Waals surface area contributed by atoms with E-state index in [0.29, 0.717) is 37.3 Å². The number of hydroxylamine groups is 2. The first-order chi connectivity index (χ1) is 18.9. The van der Waals surface area contributed by atoms with E-state index in [1.807, 2.05) is 67.3 Å². The Morgan fingerprint density at radius 3 is 2.44 bits per heavy atom. The molecule has 0 spiro atoms. The molecule has 39 heavy (non-hydrogen) atoms. The predicted molar refractivity (Wildman–Crippen MR) is 144 cm³/mol. The molecule has 10 heteroatoms. The summed E-state index contributed by atoms with van der Waals surface area (Å²) in [7, 11) is 0. The average Bonchev–Trinajstić information content (AvgIpc) is 3.64. The SMILES string of the molecule is CCCC1N(Cc2ccc(-c3ccccc3-c3nn[nH]n3)cc2)C(C(=O)O)=C(CC)N1OC1CC(=O)CC1C. The molecule has 204 valence electrons. The zero-order chi connectivity index (χ0) is 27.5. The van der Waals surface area contributed by atoms with Crippen LogP contribution in [0.1, 0.15) is 58.4 Å². The molecule has 3 aromatic rings. The third-order valence-electron chi connectivity index (χ3n) is 7.53. The Bertz CT molecular complexity index is 1350. The molecule has 2 aliphatic rings. The van der Waals surface area contributed by atoms with E-state index in [2.05, 4.69) is 27.5 Å². The predicted octanol–water partition coefficient (Wildman–Crippen LogP) is 4.78. The molecule has 1 saturated carbocycles. The van der Waals surface area contributed by atoms with Crippen LogP contribution in [-0.4, -0.2) is 59.7 Å². The van der Waals surface area contributed by atoms with Crippen LogP contribution in [0.4, 0.5) is 0 Å². The van der Waals surface area contributed by atoms with Gasteiger partial charge in [-0.05, 0) is 40.7 Å². The van der Waals surface area contributed by atoms with Gasteiger partial charge in [0.25, 0.3) is 0 Å². The van der Waals surface area contributed by atoms with Crippen molar-refractivity contribution in [3.8, 4) is 22.5 Å². The van der Waals surface area contributed by atoms with E-state index in [4.69, 9.17) is 4.84 Å². The van der Waals surface area contributed by atoms with Crippen molar-refractivity contribution in [2.24, 2.45) is 5.92 Å². The van der Waals surface area contributed by atoms with E-state index >= 15 is 0 Å². The summed E-state index contributed by atoms with van der Waals surface area (Å²) in [5, 5.41) is 26.5. The van der Waals surface area contributed by atoms with E-state index in [-0.39, 0.29) is 29.7 Å². The minimum Gasteiger partial charge on any atom is -0.477 e. The molecule has 5 rings (SSSR count). The molecule has 0 amide bonds. The van der Waals surface area contributed by atoms with Crippen LogP contribution in [0.15, 0.2) is 59.9 Å². The summed E-state index contributed by atoms with van der Waals surface area (Å²) < 4.78 is 0. The van der Waals surface area contributed by atoms with Gasteiger partial charge in [0, 0.05) is 24.9 Å². The fraction of sp³-hybridized carbons (Fsp3) is 0.414. The zero-order valence-electron chi connectivity index (χ0n) is 22.5. The number of tetrazole rings is 1. The molecule has 2 heterocycles. The standard InChI is InChI=1S/C29H34N6O4/c1-4-8-26-34(27(29(37)38)24(5-2)35(26)39-25-16-21(36)15-18(25)3)17-19-11-13-20(14-12-19)22-9-6-7-10-23(22)28-30-32-33-31-28/h6-7,9-14,18,25-26H,4-5,8,15-17H2,1-3H3,(H,37,38)(H,30,31,32,33). The number of benzene rings is 2. The number of nitrogens with zero attached hydrogens (tertiary/aromatic N) is 5. The third-order valence-corrected chi connectivity index (χ3v) is 7.53. The Morgan fingerprint density at radius 1 is 1.10 bits per heavy atom. The number of carboxylic acids is 1. The first-order valence-corrected chi connectivity index (χ1v) is 13.5. The smallest absolute Gasteiger partial charge is 0.354 e. The summed E-state index contributed by atoms with van der Waals surface area (Å²) in [6.45, 7) is 6.46. The average molecular weight is 531 g/mol. The van der Waals surface area contributed by atoms with Crippen molar-refractivity contribution in [1.82, 2.24) is 30.6 Å². The number of hydrogen-bond acceptors (Lipinski definition) is 8. The van der Waals surface area contributed by atoms with E-state index in [0.717, 1.165) is 35.1 Å². The van der Waals surface area contributed by atoms with Crippen LogP contribution in [0, 0.1) is 5.92 Å². The highest BCUT2D eigenvalue weighted by molar-refractivity contribution is 5.87. The molecule has 3 unspecified atom stereocenters. The molecule has 0 radical (unpaired) electrons. The second-order valence-electron chi connectivity index (χ2n) is 10.2. The molecular weight excluding hydrogens is 496 g/mol. The summed E-state index contributed by atoms with van der Waals surface area (Å²) in [4.78, 5) is 33.0. The Morgan fingerprint density at radius 2 is 1.85 bits per heavy atom. The lowest BCUT2D eigenvalue weighted by atomic mass is 9.98. The fourth-order valence-electron chi connectivity index (χ4n) is 5.62. The minimum atomic E-state index is -0.972. The summed E-state index contributed by atoms with van der Waals surface area (Å²) >= 11 is 0. The second kappa shape index (κ2) is 11.4. The molecule has 3 atom stereocenters. The summed E-state index contributed by atoms with van der Waals surface area (Å²) in [5.41, 5.74) is 4.75. The number of nitrogens with one attached hydrogen (secondary N) is 1. The van der Waals surface area contributed by atoms with Crippen LogP contribution in [-0.2, 0) is 21.0 Å². The van der Waals surface area contributed by atoms with Crippen LogP contribution in [0.25, 0.3) is 22.5 Å². The Hall–Kier alpha value is -4.05. The number of H-pyrrole nitrogens is 1. The van der Waals surface area contributed by atoms with Crippen LogP contribution in [0.3, 0.4) is 0 Å². The highest BCUT2D eigenvalue weighted by atomic mass is 16.7. The molecule has 1 aliphatic carbocycles. The first-order valence-electron chi connectivity index (χ1n) is 13.5. The molecule has 1 aliphatic heterocycles. The van der Waals surface area contributed by atoms with Gasteiger partial charge in [0.2, 0.25) is 5.82 Å². The molecule has 2 N–H and O–H groups in total. The number of rotatable bonds is 10. The lowest BCUT2D eigenvalue weighted by molar-refractivity contribution is -0.218. The summed E-state index contributed by atoms with van der Waals surface area (Å²) in [6, 6.07) is 16.0. The Balaban J connectivity index is 1.43. The van der Waals surface area contributed by atoms with Crippen molar-refractivity contribution >= 4 is 11.8 Å². The third kappa shape index (κ3) is 5.29. The lowest BCUT2D eigenvalue weighted by Crippen LogP contribution is -2.43. The van der Waals surface area contributed by atoms with Crippen LogP contribution in [0.5, 0.6) is 0 Å². The minimum absolute atomic E-state index is 0.100. The van der Waals surface area contributed by atoms with E-state index < -0.39 is 5.97 Å². The van der Waals surface area contributed by atoms with Crippen molar-refractivity contribution in [3.63, 3.8) is 0 Å². The van der Waals surface area contributed by atoms with Crippen molar-refractivity contribution in [3.05, 3.63) is 65.5 Å². The summed E-state index contributed by atoms with van der Waals surface area (Å²) in [5.74, 6) is -0.156. The van der Waals surface area contributed by atoms with Gasteiger partial charge in [0.05, 0.1) is 11.8 Å². The van der Waals surface area contributed by atoms with E-state index in [1.165, 1.54) is 0 Å². The molecule has 0 saturated heterocycles. The maximum Gasteiger partial charge on any atom is 0.354 e. The van der Waals surface area contributed by atoms with Gasteiger partial charge in [-0.3, -0.25) is 9.63 Å². The Kier molecular flexibility index (Phi) is 7.74. The zero-order valence-corrected chi connectivity index (χ0v) is 22.5. The lowest BCUT2D eigenvalue weighted by Gasteiger charge is -2.35. The quantitative estimate of drug-likeness (QED) is 0.381. The summed E-state index contributed by atoms with van der Waals surface area (Å²) in [6.07, 6.45) is 2.45. The highest BCUT2D eigenvalue weighted by Crippen LogP contribution is 2.38. The van der Waals surface area contributed by atoms with Crippen molar-refractivity contribution in [1.29, 1.82) is 0 Å². The van der Waals surface area contributed by atoms with Crippen molar-refractivity contribution < 1.29 is 19.5 Å². The number of aromatic amines is 1. The van der Waals surface area contributed by atoms with Gasteiger partial charge >= 0.3 is 5.97 Å². The number of carbonyl (C=O) groups excluding carboxylic acids is 1. The van der Waals surface area contributed by atoms with Crippen molar-refractivity contribution in [2.45, 2.75) is 71.7 Å². The van der Waals surface area contributed by atoms with Gasteiger partial charge in [-0.2, -0.15) is 5.21 Å². The number of Topliss-reactive ketones (excluding diaryl/α,β-unsaturated/α-hetero) is 1. The second-order valence-corrected chi connectivity index (χ2v) is 10.2. The number of hydrogen-bond donors (Lipinski definition) is 2. The number of carboxylic acid groups (broad SMARTS) is 1. The number of carbonyl (C=O) groups is 2. The monoisotopic (exact) mass is 530 g/mol. The number of aliphatic carboxylic acids is 1. The normalized spacial score (nSPS) is 21.3. The molecule has 0 bridgehead atoms.